The lowest BCUT2D eigenvalue weighted by Crippen LogP contribution is -2.15. The molecule has 292 valence electrons. The maximum absolute atomic E-state index is 2.47. The van der Waals surface area contributed by atoms with Gasteiger partial charge in [-0.15, -0.1) is 0 Å². The smallest absolute Gasteiger partial charge is 0.0165 e. The van der Waals surface area contributed by atoms with Crippen molar-refractivity contribution in [1.29, 1.82) is 0 Å². The average molecular weight is 789 g/mol. The standard InChI is InChI=1S/C62H44/c1-61(2)53-24-14-13-18-44(53)45-32-30-41(36-55(45)61)57-49-22-11-9-20-47(49)56(48-21-10-12-23-50(48)57)39-27-25-37(26-28-39)40-29-33-51-52(35-40)43-17-7-8-19-46(43)59-58-42-16-6-5-15-38(42)31-34-54(58)62(3,4)60(51)59/h5-36H,1-4H3. The van der Waals surface area contributed by atoms with Crippen molar-refractivity contribution in [1.82, 2.24) is 0 Å². The predicted octanol–water partition coefficient (Wildman–Crippen LogP) is 17.1. The van der Waals surface area contributed by atoms with E-state index in [0.717, 1.165) is 0 Å². The highest BCUT2D eigenvalue weighted by molar-refractivity contribution is 6.23. The van der Waals surface area contributed by atoms with E-state index in [0.29, 0.717) is 0 Å². The van der Waals surface area contributed by atoms with Crippen molar-refractivity contribution in [3.8, 4) is 55.6 Å². The van der Waals surface area contributed by atoms with Crippen LogP contribution in [-0.2, 0) is 10.8 Å². The Morgan fingerprint density at radius 2 is 0.774 bits per heavy atom. The summed E-state index contributed by atoms with van der Waals surface area (Å²) in [6.45, 7) is 9.58. The first-order valence-corrected chi connectivity index (χ1v) is 22.1. The Kier molecular flexibility index (Phi) is 7.23. The molecule has 0 saturated heterocycles. The lowest BCUT2D eigenvalue weighted by molar-refractivity contribution is 0.660. The maximum Gasteiger partial charge on any atom is 0.0165 e. The third kappa shape index (κ3) is 4.73. The second kappa shape index (κ2) is 12.6. The molecule has 11 aromatic rings. The number of benzene rings is 11. The van der Waals surface area contributed by atoms with Crippen molar-refractivity contribution in [2.24, 2.45) is 0 Å². The fraction of sp³-hybridized carbons (Fsp3) is 0.0968. The molecule has 0 aliphatic heterocycles. The van der Waals surface area contributed by atoms with Gasteiger partial charge in [-0.25, -0.2) is 0 Å². The fourth-order valence-corrected chi connectivity index (χ4v) is 11.9. The first-order chi connectivity index (χ1) is 30.3. The van der Waals surface area contributed by atoms with Gasteiger partial charge in [-0.3, -0.25) is 0 Å². The first-order valence-electron chi connectivity index (χ1n) is 22.1. The van der Waals surface area contributed by atoms with E-state index in [9.17, 15) is 0 Å². The van der Waals surface area contributed by atoms with Crippen molar-refractivity contribution >= 4 is 53.9 Å². The van der Waals surface area contributed by atoms with Gasteiger partial charge in [0, 0.05) is 10.8 Å². The topological polar surface area (TPSA) is 0 Å². The predicted molar refractivity (Wildman–Crippen MR) is 265 cm³/mol. The van der Waals surface area contributed by atoms with Crippen LogP contribution in [0.1, 0.15) is 49.9 Å². The first kappa shape index (κ1) is 35.5. The molecule has 62 heavy (non-hydrogen) atoms. The molecule has 13 rings (SSSR count). The molecule has 11 aromatic carbocycles. The van der Waals surface area contributed by atoms with E-state index >= 15 is 0 Å². The summed E-state index contributed by atoms with van der Waals surface area (Å²) in [7, 11) is 0. The molecule has 0 heterocycles. The van der Waals surface area contributed by atoms with Crippen LogP contribution in [-0.4, -0.2) is 0 Å². The van der Waals surface area contributed by atoms with Gasteiger partial charge < -0.3 is 0 Å². The lowest BCUT2D eigenvalue weighted by Gasteiger charge is -2.24. The summed E-state index contributed by atoms with van der Waals surface area (Å²) in [6.07, 6.45) is 0. The Morgan fingerprint density at radius 3 is 1.47 bits per heavy atom. The van der Waals surface area contributed by atoms with Gasteiger partial charge >= 0.3 is 0 Å². The van der Waals surface area contributed by atoms with Crippen LogP contribution < -0.4 is 0 Å². The van der Waals surface area contributed by atoms with Gasteiger partial charge in [0.15, 0.2) is 0 Å². The van der Waals surface area contributed by atoms with Gasteiger partial charge in [0.05, 0.1) is 0 Å². The van der Waals surface area contributed by atoms with E-state index in [1.54, 1.807) is 0 Å². The van der Waals surface area contributed by atoms with E-state index in [2.05, 4.69) is 222 Å². The van der Waals surface area contributed by atoms with Gasteiger partial charge in [0.2, 0.25) is 0 Å². The Hall–Kier alpha value is -7.28. The minimum absolute atomic E-state index is 0.0643. The molecular formula is C62H44. The van der Waals surface area contributed by atoms with Crippen LogP contribution in [0.15, 0.2) is 194 Å². The van der Waals surface area contributed by atoms with E-state index in [1.165, 1.54) is 132 Å². The fourth-order valence-electron chi connectivity index (χ4n) is 11.9. The molecule has 0 bridgehead atoms. The zero-order valence-electron chi connectivity index (χ0n) is 35.5. The van der Waals surface area contributed by atoms with E-state index in [4.69, 9.17) is 0 Å². The number of hydrogen-bond acceptors (Lipinski definition) is 0. The van der Waals surface area contributed by atoms with Gasteiger partial charge in [-0.1, -0.05) is 210 Å². The summed E-state index contributed by atoms with van der Waals surface area (Å²) >= 11 is 0. The summed E-state index contributed by atoms with van der Waals surface area (Å²) in [4.78, 5) is 0. The largest absolute Gasteiger partial charge is 0.0619 e. The van der Waals surface area contributed by atoms with E-state index in [1.807, 2.05) is 0 Å². The molecule has 2 aliphatic rings. The van der Waals surface area contributed by atoms with Crippen molar-refractivity contribution in [2.45, 2.75) is 38.5 Å². The second-order valence-corrected chi connectivity index (χ2v) is 18.7. The van der Waals surface area contributed by atoms with Gasteiger partial charge in [-0.2, -0.15) is 0 Å². The maximum atomic E-state index is 2.47. The normalized spacial score (nSPS) is 14.4. The summed E-state index contributed by atoms with van der Waals surface area (Å²) in [5.41, 5.74) is 18.5. The van der Waals surface area contributed by atoms with Crippen LogP contribution in [0, 0.1) is 0 Å². The van der Waals surface area contributed by atoms with E-state index in [-0.39, 0.29) is 10.8 Å². The molecule has 0 aromatic heterocycles. The van der Waals surface area contributed by atoms with Crippen LogP contribution >= 0.6 is 0 Å². The molecule has 0 spiro atoms. The van der Waals surface area contributed by atoms with Crippen LogP contribution in [0.3, 0.4) is 0 Å². The molecule has 0 atom stereocenters. The van der Waals surface area contributed by atoms with Crippen LogP contribution in [0.2, 0.25) is 0 Å². The molecule has 2 aliphatic carbocycles. The molecule has 0 unspecified atom stereocenters. The summed E-state index contributed by atoms with van der Waals surface area (Å²) in [5, 5.41) is 13.1. The molecule has 0 saturated carbocycles. The third-order valence-electron chi connectivity index (χ3n) is 14.8. The highest BCUT2D eigenvalue weighted by atomic mass is 14.4. The van der Waals surface area contributed by atoms with Gasteiger partial charge in [0.1, 0.15) is 0 Å². The highest BCUT2D eigenvalue weighted by Gasteiger charge is 2.39. The van der Waals surface area contributed by atoms with E-state index < -0.39 is 0 Å². The zero-order valence-corrected chi connectivity index (χ0v) is 35.5. The van der Waals surface area contributed by atoms with Crippen molar-refractivity contribution < 1.29 is 0 Å². The zero-order chi connectivity index (χ0) is 41.5. The Morgan fingerprint density at radius 1 is 0.258 bits per heavy atom. The SMILES string of the molecule is CC1(C)c2ccccc2-c2ccc(-c3c4ccccc4c(-c4ccc(-c5ccc6c7c(c8ccccc8c6c5)-c5c(ccc6ccccc56)C7(C)C)cc4)c4ccccc34)cc21. The van der Waals surface area contributed by atoms with Crippen LogP contribution in [0.25, 0.3) is 109 Å². The molecule has 0 fully saturated rings. The molecular weight excluding hydrogens is 745 g/mol. The van der Waals surface area contributed by atoms with Crippen molar-refractivity contribution in [3.05, 3.63) is 216 Å². The highest BCUT2D eigenvalue weighted by Crippen LogP contribution is 2.57. The minimum Gasteiger partial charge on any atom is -0.0619 e. The molecule has 0 heteroatoms. The number of fused-ring (bicyclic) bond motifs is 15. The van der Waals surface area contributed by atoms with Gasteiger partial charge in [0.25, 0.3) is 0 Å². The lowest BCUT2D eigenvalue weighted by atomic mass is 9.78. The summed E-state index contributed by atoms with van der Waals surface area (Å²) in [5.74, 6) is 0. The minimum atomic E-state index is -0.135. The molecule has 0 N–H and O–H groups in total. The molecule has 0 radical (unpaired) electrons. The molecule has 0 nitrogen and oxygen atoms in total. The summed E-state index contributed by atoms with van der Waals surface area (Å²) in [6, 6.07) is 73.3. The Balaban J connectivity index is 0.955. The summed E-state index contributed by atoms with van der Waals surface area (Å²) < 4.78 is 0. The Bertz CT molecular complexity index is 3670. The Labute approximate surface area is 362 Å². The quantitative estimate of drug-likeness (QED) is 0.124. The van der Waals surface area contributed by atoms with Crippen LogP contribution in [0.5, 0.6) is 0 Å². The third-order valence-corrected chi connectivity index (χ3v) is 14.8. The number of hydrogen-bond donors (Lipinski definition) is 0. The average Bonchev–Trinajstić information content (AvgIpc) is 3.70. The van der Waals surface area contributed by atoms with Gasteiger partial charge in [-0.05, 0) is 144 Å². The number of rotatable bonds is 3. The second-order valence-electron chi connectivity index (χ2n) is 18.7. The van der Waals surface area contributed by atoms with Crippen molar-refractivity contribution in [3.63, 3.8) is 0 Å². The monoisotopic (exact) mass is 788 g/mol. The molecule has 0 amide bonds. The van der Waals surface area contributed by atoms with Crippen molar-refractivity contribution in [2.75, 3.05) is 0 Å². The van der Waals surface area contributed by atoms with Crippen LogP contribution in [0.4, 0.5) is 0 Å².